The second kappa shape index (κ2) is 4.04. The van der Waals surface area contributed by atoms with E-state index in [1.807, 2.05) is 12.1 Å². The third kappa shape index (κ3) is 1.92. The number of aliphatic hydroxyl groups excluding tert-OH is 1. The van der Waals surface area contributed by atoms with E-state index < -0.39 is 5.56 Å². The zero-order valence-corrected chi connectivity index (χ0v) is 8.66. The zero-order chi connectivity index (χ0) is 9.97. The van der Waals surface area contributed by atoms with E-state index >= 15 is 0 Å². The van der Waals surface area contributed by atoms with Crippen molar-refractivity contribution < 1.29 is 5.11 Å². The SMILES string of the molecule is OC(Cl)c1ccc(-c2cnns2)cc1. The molecule has 1 unspecified atom stereocenters. The highest BCUT2D eigenvalue weighted by Gasteiger charge is 2.04. The number of halogens is 1. The summed E-state index contributed by atoms with van der Waals surface area (Å²) in [6.07, 6.45) is 1.71. The molecule has 0 spiro atoms. The number of aromatic nitrogens is 2. The summed E-state index contributed by atoms with van der Waals surface area (Å²) in [4.78, 5) is 1.00. The summed E-state index contributed by atoms with van der Waals surface area (Å²) in [6, 6.07) is 7.34. The van der Waals surface area contributed by atoms with Crippen molar-refractivity contribution in [1.29, 1.82) is 0 Å². The van der Waals surface area contributed by atoms with Gasteiger partial charge in [-0.15, -0.1) is 5.10 Å². The van der Waals surface area contributed by atoms with Crippen molar-refractivity contribution in [3.8, 4) is 10.4 Å². The summed E-state index contributed by atoms with van der Waals surface area (Å²) < 4.78 is 3.77. The summed E-state index contributed by atoms with van der Waals surface area (Å²) in [7, 11) is 0. The van der Waals surface area contributed by atoms with Gasteiger partial charge in [0.15, 0.2) is 5.56 Å². The molecule has 1 heterocycles. The maximum atomic E-state index is 9.09. The van der Waals surface area contributed by atoms with E-state index in [2.05, 4.69) is 9.59 Å². The Kier molecular flexibility index (Phi) is 2.77. The Morgan fingerprint density at radius 3 is 2.50 bits per heavy atom. The predicted octanol–water partition coefficient (Wildman–Crippen LogP) is 2.43. The Labute approximate surface area is 90.1 Å². The molecule has 2 rings (SSSR count). The number of rotatable bonds is 2. The predicted molar refractivity (Wildman–Crippen MR) is 56.2 cm³/mol. The number of aliphatic hydroxyl groups is 1. The first-order valence-electron chi connectivity index (χ1n) is 3.97. The van der Waals surface area contributed by atoms with Crippen LogP contribution in [0.25, 0.3) is 10.4 Å². The van der Waals surface area contributed by atoms with Gasteiger partial charge in [-0.25, -0.2) is 0 Å². The molecule has 5 heteroatoms. The van der Waals surface area contributed by atoms with Gasteiger partial charge in [0.1, 0.15) is 0 Å². The molecular weight excluding hydrogens is 220 g/mol. The first-order chi connectivity index (χ1) is 6.77. The van der Waals surface area contributed by atoms with Crippen molar-refractivity contribution in [3.05, 3.63) is 36.0 Å². The van der Waals surface area contributed by atoms with E-state index in [9.17, 15) is 0 Å². The molecule has 1 aromatic heterocycles. The average Bonchev–Trinajstić information content (AvgIpc) is 2.71. The Morgan fingerprint density at radius 2 is 2.00 bits per heavy atom. The smallest absolute Gasteiger partial charge is 0.153 e. The molecule has 3 nitrogen and oxygen atoms in total. The van der Waals surface area contributed by atoms with E-state index in [4.69, 9.17) is 16.7 Å². The number of hydrogen-bond donors (Lipinski definition) is 1. The summed E-state index contributed by atoms with van der Waals surface area (Å²) in [5.74, 6) is 0. The van der Waals surface area contributed by atoms with Gasteiger partial charge >= 0.3 is 0 Å². The Bertz CT molecular complexity index is 399. The van der Waals surface area contributed by atoms with Gasteiger partial charge in [-0.2, -0.15) is 0 Å². The summed E-state index contributed by atoms with van der Waals surface area (Å²) in [6.45, 7) is 0. The molecule has 0 aliphatic rings. The first kappa shape index (κ1) is 9.58. The third-order valence-electron chi connectivity index (χ3n) is 1.83. The standard InChI is InChI=1S/C9H7ClN2OS/c10-9(13)7-3-1-6(2-4-7)8-5-11-12-14-8/h1-5,9,13H. The number of benzene rings is 1. The van der Waals surface area contributed by atoms with Gasteiger partial charge in [0, 0.05) is 0 Å². The minimum Gasteiger partial charge on any atom is -0.373 e. The lowest BCUT2D eigenvalue weighted by molar-refractivity contribution is 0.263. The number of hydrogen-bond acceptors (Lipinski definition) is 4. The Morgan fingerprint density at radius 1 is 1.29 bits per heavy atom. The minimum atomic E-state index is -0.941. The van der Waals surface area contributed by atoms with Crippen LogP contribution in [0, 0.1) is 0 Å². The molecule has 1 N–H and O–H groups in total. The van der Waals surface area contributed by atoms with E-state index in [-0.39, 0.29) is 0 Å². The van der Waals surface area contributed by atoms with E-state index in [1.165, 1.54) is 11.5 Å². The van der Waals surface area contributed by atoms with E-state index in [0.717, 1.165) is 10.4 Å². The lowest BCUT2D eigenvalue weighted by Crippen LogP contribution is -1.86. The molecule has 0 aliphatic carbocycles. The van der Waals surface area contributed by atoms with Crippen LogP contribution in [0.4, 0.5) is 0 Å². The molecule has 0 saturated heterocycles. The molecule has 0 amide bonds. The van der Waals surface area contributed by atoms with Crippen molar-refractivity contribution in [2.45, 2.75) is 5.56 Å². The maximum Gasteiger partial charge on any atom is 0.153 e. The maximum absolute atomic E-state index is 9.09. The fraction of sp³-hybridized carbons (Fsp3) is 0.111. The Hall–Kier alpha value is -0.970. The summed E-state index contributed by atoms with van der Waals surface area (Å²) in [5.41, 5.74) is 0.776. The summed E-state index contributed by atoms with van der Waals surface area (Å²) in [5, 5.41) is 12.8. The van der Waals surface area contributed by atoms with E-state index in [1.54, 1.807) is 18.3 Å². The molecule has 0 fully saturated rings. The van der Waals surface area contributed by atoms with Crippen LogP contribution in [0.3, 0.4) is 0 Å². The van der Waals surface area contributed by atoms with Gasteiger partial charge in [-0.1, -0.05) is 40.4 Å². The zero-order valence-electron chi connectivity index (χ0n) is 7.09. The second-order valence-electron chi connectivity index (χ2n) is 2.74. The monoisotopic (exact) mass is 226 g/mol. The molecule has 1 atom stereocenters. The highest BCUT2D eigenvalue weighted by molar-refractivity contribution is 7.09. The van der Waals surface area contributed by atoms with E-state index in [0.29, 0.717) is 5.56 Å². The van der Waals surface area contributed by atoms with Crippen molar-refractivity contribution >= 4 is 23.1 Å². The normalized spacial score (nSPS) is 12.7. The van der Waals surface area contributed by atoms with Crippen molar-refractivity contribution in [3.63, 3.8) is 0 Å². The molecule has 1 aromatic carbocycles. The largest absolute Gasteiger partial charge is 0.373 e. The van der Waals surface area contributed by atoms with Gasteiger partial charge in [0.05, 0.1) is 11.1 Å². The molecule has 14 heavy (non-hydrogen) atoms. The fourth-order valence-electron chi connectivity index (χ4n) is 1.10. The van der Waals surface area contributed by atoms with Crippen molar-refractivity contribution in [1.82, 2.24) is 9.59 Å². The molecular formula is C9H7ClN2OS. The van der Waals surface area contributed by atoms with Crippen LogP contribution < -0.4 is 0 Å². The molecule has 72 valence electrons. The molecule has 0 bridgehead atoms. The third-order valence-corrected chi connectivity index (χ3v) is 2.80. The molecule has 0 aliphatic heterocycles. The second-order valence-corrected chi connectivity index (χ2v) is 3.94. The molecule has 2 aromatic rings. The highest BCUT2D eigenvalue weighted by Crippen LogP contribution is 2.24. The number of alkyl halides is 1. The number of nitrogens with zero attached hydrogens (tertiary/aromatic N) is 2. The highest BCUT2D eigenvalue weighted by atomic mass is 35.5. The lowest BCUT2D eigenvalue weighted by atomic mass is 10.1. The van der Waals surface area contributed by atoms with Crippen molar-refractivity contribution in [2.75, 3.05) is 0 Å². The van der Waals surface area contributed by atoms with Gasteiger partial charge in [-0.3, -0.25) is 0 Å². The summed E-state index contributed by atoms with van der Waals surface area (Å²) >= 11 is 6.85. The quantitative estimate of drug-likeness (QED) is 0.800. The van der Waals surface area contributed by atoms with Crippen LogP contribution in [0.1, 0.15) is 11.1 Å². The van der Waals surface area contributed by atoms with Crippen LogP contribution in [0.15, 0.2) is 30.5 Å². The first-order valence-corrected chi connectivity index (χ1v) is 5.18. The van der Waals surface area contributed by atoms with Crippen LogP contribution in [-0.4, -0.2) is 14.7 Å². The van der Waals surface area contributed by atoms with Gasteiger partial charge in [0.25, 0.3) is 0 Å². The minimum absolute atomic E-state index is 0.688. The lowest BCUT2D eigenvalue weighted by Gasteiger charge is -2.02. The molecule has 0 radical (unpaired) electrons. The molecule has 0 saturated carbocycles. The van der Waals surface area contributed by atoms with Gasteiger partial charge < -0.3 is 5.11 Å². The van der Waals surface area contributed by atoms with Gasteiger partial charge in [0.2, 0.25) is 0 Å². The van der Waals surface area contributed by atoms with Gasteiger partial charge in [-0.05, 0) is 22.7 Å². The van der Waals surface area contributed by atoms with Crippen LogP contribution in [-0.2, 0) is 0 Å². The van der Waals surface area contributed by atoms with Crippen molar-refractivity contribution in [2.24, 2.45) is 0 Å². The van der Waals surface area contributed by atoms with Crippen LogP contribution in [0.5, 0.6) is 0 Å². The topological polar surface area (TPSA) is 46.0 Å². The fourth-order valence-corrected chi connectivity index (χ4v) is 1.76. The van der Waals surface area contributed by atoms with Crippen LogP contribution in [0.2, 0.25) is 0 Å². The van der Waals surface area contributed by atoms with Crippen LogP contribution >= 0.6 is 23.1 Å². The average molecular weight is 227 g/mol. The Balaban J connectivity index is 2.31.